The van der Waals surface area contributed by atoms with E-state index in [4.69, 9.17) is 10.5 Å². The van der Waals surface area contributed by atoms with E-state index < -0.39 is 11.7 Å². The first-order chi connectivity index (χ1) is 16.3. The number of rotatable bonds is 5. The Morgan fingerprint density at radius 1 is 0.941 bits per heavy atom. The number of alkyl halides is 3. The molecule has 0 bridgehead atoms. The molecule has 0 unspecified atom stereocenters. The van der Waals surface area contributed by atoms with Gasteiger partial charge in [0.15, 0.2) is 5.82 Å². The molecule has 0 aliphatic carbocycles. The van der Waals surface area contributed by atoms with Gasteiger partial charge in [0.25, 0.3) is 0 Å². The molecule has 0 aliphatic rings. The third-order valence-corrected chi connectivity index (χ3v) is 4.90. The fourth-order valence-corrected chi connectivity index (χ4v) is 3.30. The Kier molecular flexibility index (Phi) is 5.21. The number of H-pyrrole nitrogens is 1. The van der Waals surface area contributed by atoms with E-state index >= 15 is 0 Å². The summed E-state index contributed by atoms with van der Waals surface area (Å²) in [7, 11) is 0. The van der Waals surface area contributed by atoms with E-state index in [-0.39, 0.29) is 17.6 Å². The van der Waals surface area contributed by atoms with Crippen LogP contribution in [0.25, 0.3) is 22.3 Å². The van der Waals surface area contributed by atoms with Crippen molar-refractivity contribution in [3.05, 3.63) is 78.5 Å². The highest BCUT2D eigenvalue weighted by atomic mass is 19.4. The summed E-state index contributed by atoms with van der Waals surface area (Å²) in [5, 5.41) is 11.5. The van der Waals surface area contributed by atoms with Crippen molar-refractivity contribution in [3.8, 4) is 22.9 Å². The molecule has 0 saturated carbocycles. The van der Waals surface area contributed by atoms with Gasteiger partial charge in [-0.25, -0.2) is 9.97 Å². The summed E-state index contributed by atoms with van der Waals surface area (Å²) in [5.74, 6) is 2.00. The Balaban J connectivity index is 1.31. The predicted octanol–water partition coefficient (Wildman–Crippen LogP) is 5.55. The van der Waals surface area contributed by atoms with Crippen LogP contribution < -0.4 is 15.8 Å². The molecule has 4 N–H and O–H groups in total. The largest absolute Gasteiger partial charge is 0.457 e. The number of hydrogen-bond donors (Lipinski definition) is 3. The number of nitrogen functional groups attached to an aromatic ring is 1. The van der Waals surface area contributed by atoms with Crippen molar-refractivity contribution in [2.24, 2.45) is 0 Å². The van der Waals surface area contributed by atoms with Crippen LogP contribution in [-0.2, 0) is 6.18 Å². The number of halogens is 3. The van der Waals surface area contributed by atoms with E-state index in [9.17, 15) is 13.2 Å². The zero-order valence-electron chi connectivity index (χ0n) is 17.3. The van der Waals surface area contributed by atoms with Crippen LogP contribution in [-0.4, -0.2) is 25.1 Å². The van der Waals surface area contributed by atoms with Crippen LogP contribution in [0.15, 0.2) is 72.9 Å². The van der Waals surface area contributed by atoms with Gasteiger partial charge in [0.2, 0.25) is 11.9 Å². The minimum absolute atomic E-state index is 0.183. The lowest BCUT2D eigenvalue weighted by atomic mass is 10.2. The van der Waals surface area contributed by atoms with Crippen molar-refractivity contribution in [2.75, 3.05) is 11.1 Å². The van der Waals surface area contributed by atoms with Crippen LogP contribution in [0.2, 0.25) is 0 Å². The molecular formula is C23H16F3N7O. The molecule has 8 nitrogen and oxygen atoms in total. The number of fused-ring (bicyclic) bond motifs is 1. The van der Waals surface area contributed by atoms with Crippen LogP contribution in [0.3, 0.4) is 0 Å². The topological polar surface area (TPSA) is 115 Å². The predicted molar refractivity (Wildman–Crippen MR) is 121 cm³/mol. The van der Waals surface area contributed by atoms with Crippen LogP contribution in [0, 0.1) is 0 Å². The van der Waals surface area contributed by atoms with Gasteiger partial charge in [-0.2, -0.15) is 13.2 Å². The summed E-state index contributed by atoms with van der Waals surface area (Å²) >= 11 is 0. The smallest absolute Gasteiger partial charge is 0.416 e. The van der Waals surface area contributed by atoms with Crippen LogP contribution in [0.1, 0.15) is 5.56 Å². The molecule has 0 saturated heterocycles. The zero-order valence-corrected chi connectivity index (χ0v) is 17.3. The van der Waals surface area contributed by atoms with Gasteiger partial charge >= 0.3 is 6.18 Å². The van der Waals surface area contributed by atoms with Crippen molar-refractivity contribution in [1.29, 1.82) is 0 Å². The first-order valence-corrected chi connectivity index (χ1v) is 10.0. The number of aromatic nitrogens is 5. The van der Waals surface area contributed by atoms with Gasteiger partial charge in [-0.15, -0.1) is 10.2 Å². The first kappa shape index (κ1) is 21.2. The van der Waals surface area contributed by atoms with Crippen molar-refractivity contribution in [3.63, 3.8) is 0 Å². The lowest BCUT2D eigenvalue weighted by molar-refractivity contribution is -0.137. The normalized spacial score (nSPS) is 11.5. The molecule has 2 aromatic heterocycles. The number of aromatic amines is 1. The van der Waals surface area contributed by atoms with Crippen molar-refractivity contribution < 1.29 is 17.9 Å². The molecule has 2 heterocycles. The molecule has 5 rings (SSSR count). The van der Waals surface area contributed by atoms with E-state index in [0.29, 0.717) is 28.4 Å². The minimum Gasteiger partial charge on any atom is -0.457 e. The average Bonchev–Trinajstić information content (AvgIpc) is 3.27. The average molecular weight is 463 g/mol. The van der Waals surface area contributed by atoms with Gasteiger partial charge < -0.3 is 20.8 Å². The Morgan fingerprint density at radius 2 is 1.74 bits per heavy atom. The van der Waals surface area contributed by atoms with Crippen molar-refractivity contribution in [2.45, 2.75) is 6.18 Å². The number of nitrogens with one attached hydrogen (secondary N) is 2. The highest BCUT2D eigenvalue weighted by molar-refractivity contribution is 5.85. The number of ether oxygens (including phenoxy) is 1. The van der Waals surface area contributed by atoms with Crippen LogP contribution in [0.4, 0.5) is 30.8 Å². The molecule has 11 heteroatoms. The van der Waals surface area contributed by atoms with E-state index in [1.807, 2.05) is 12.1 Å². The summed E-state index contributed by atoms with van der Waals surface area (Å²) in [4.78, 5) is 11.2. The van der Waals surface area contributed by atoms with Gasteiger partial charge in [-0.1, -0.05) is 12.1 Å². The summed E-state index contributed by atoms with van der Waals surface area (Å²) in [6.45, 7) is 0. The molecule has 0 aliphatic heterocycles. The maximum Gasteiger partial charge on any atom is 0.416 e. The number of anilines is 3. The zero-order chi connectivity index (χ0) is 23.7. The molecule has 0 fully saturated rings. The third kappa shape index (κ3) is 4.44. The molecule has 0 radical (unpaired) electrons. The van der Waals surface area contributed by atoms with E-state index in [1.54, 1.807) is 36.5 Å². The van der Waals surface area contributed by atoms with Crippen molar-refractivity contribution in [1.82, 2.24) is 25.1 Å². The van der Waals surface area contributed by atoms with Gasteiger partial charge in [-0.05, 0) is 54.6 Å². The second-order valence-electron chi connectivity index (χ2n) is 7.27. The van der Waals surface area contributed by atoms with Gasteiger partial charge in [0, 0.05) is 17.4 Å². The molecule has 0 atom stereocenters. The van der Waals surface area contributed by atoms with E-state index in [0.717, 1.165) is 17.5 Å². The summed E-state index contributed by atoms with van der Waals surface area (Å²) in [6, 6.07) is 17.3. The lowest BCUT2D eigenvalue weighted by Gasteiger charge is -2.09. The lowest BCUT2D eigenvalue weighted by Crippen LogP contribution is -2.05. The van der Waals surface area contributed by atoms with E-state index in [1.165, 1.54) is 12.1 Å². The Labute approximate surface area is 190 Å². The maximum absolute atomic E-state index is 12.9. The summed E-state index contributed by atoms with van der Waals surface area (Å²) in [6.07, 6.45) is -2.82. The van der Waals surface area contributed by atoms with E-state index in [2.05, 4.69) is 30.5 Å². The second kappa shape index (κ2) is 8.35. The fraction of sp³-hybridized carbons (Fsp3) is 0.0435. The van der Waals surface area contributed by atoms with Gasteiger partial charge in [0.1, 0.15) is 11.5 Å². The SMILES string of the molecule is Nc1ncc2c(Oc3ccc(-c4nnc(Nc5cccc(C(F)(F)F)c5)[nH]4)cc3)cccc2n1. The van der Waals surface area contributed by atoms with Crippen molar-refractivity contribution >= 4 is 28.5 Å². The third-order valence-electron chi connectivity index (χ3n) is 4.90. The number of nitrogens with zero attached hydrogens (tertiary/aromatic N) is 4. The molecule has 0 spiro atoms. The standard InChI is InChI=1S/C23H16F3N7O/c24-23(25,26)14-3-1-4-15(11-14)29-22-31-20(32-33-22)13-7-9-16(10-8-13)34-19-6-2-5-18-17(19)12-28-21(27)30-18/h1-12H,(H2,27,28,30)(H2,29,31,32,33). The van der Waals surface area contributed by atoms with Crippen LogP contribution >= 0.6 is 0 Å². The van der Waals surface area contributed by atoms with Gasteiger partial charge in [0.05, 0.1) is 16.5 Å². The fourth-order valence-electron chi connectivity index (χ4n) is 3.30. The highest BCUT2D eigenvalue weighted by Crippen LogP contribution is 2.32. The van der Waals surface area contributed by atoms with Gasteiger partial charge in [-0.3, -0.25) is 0 Å². The molecule has 170 valence electrons. The summed E-state index contributed by atoms with van der Waals surface area (Å²) in [5.41, 5.74) is 6.51. The maximum atomic E-state index is 12.9. The molecule has 3 aromatic carbocycles. The number of nitrogens with two attached hydrogens (primary N) is 1. The second-order valence-corrected chi connectivity index (χ2v) is 7.27. The van der Waals surface area contributed by atoms with Crippen LogP contribution in [0.5, 0.6) is 11.5 Å². The molecular weight excluding hydrogens is 447 g/mol. The molecule has 34 heavy (non-hydrogen) atoms. The summed E-state index contributed by atoms with van der Waals surface area (Å²) < 4.78 is 44.7. The number of hydrogen-bond acceptors (Lipinski definition) is 7. The Morgan fingerprint density at radius 3 is 2.53 bits per heavy atom. The molecule has 5 aromatic rings. The molecule has 0 amide bonds. The monoisotopic (exact) mass is 463 g/mol. The number of benzene rings is 3. The Hall–Kier alpha value is -4.67. The highest BCUT2D eigenvalue weighted by Gasteiger charge is 2.30. The Bertz CT molecular complexity index is 1470. The quantitative estimate of drug-likeness (QED) is 0.313. The minimum atomic E-state index is -4.43. The first-order valence-electron chi connectivity index (χ1n) is 10.0.